The van der Waals surface area contributed by atoms with Gasteiger partial charge in [0.05, 0.1) is 5.75 Å². The van der Waals surface area contributed by atoms with Crippen LogP contribution in [0.1, 0.15) is 23.6 Å². The molecule has 0 unspecified atom stereocenters. The molecule has 1 aromatic carbocycles. The van der Waals surface area contributed by atoms with Gasteiger partial charge in [-0.1, -0.05) is 25.1 Å². The van der Waals surface area contributed by atoms with Crippen molar-refractivity contribution < 1.29 is 8.42 Å². The van der Waals surface area contributed by atoms with Gasteiger partial charge >= 0.3 is 0 Å². The molecule has 1 aliphatic heterocycles. The molecule has 0 saturated heterocycles. The van der Waals surface area contributed by atoms with Crippen molar-refractivity contribution in [1.29, 1.82) is 0 Å². The Hall–Kier alpha value is -0.870. The summed E-state index contributed by atoms with van der Waals surface area (Å²) < 4.78 is 23.0. The van der Waals surface area contributed by atoms with Crippen LogP contribution in [0.15, 0.2) is 18.2 Å². The van der Waals surface area contributed by atoms with Crippen molar-refractivity contribution in [2.75, 3.05) is 12.3 Å². The molecule has 88 valence electrons. The SMILES string of the molecule is CCS(=O)(=O)Cc1ccc2c(c1)CCNC2. The quantitative estimate of drug-likeness (QED) is 0.864. The van der Waals surface area contributed by atoms with Gasteiger partial charge in [0.1, 0.15) is 0 Å². The monoisotopic (exact) mass is 239 g/mol. The van der Waals surface area contributed by atoms with Gasteiger partial charge in [0.15, 0.2) is 9.84 Å². The van der Waals surface area contributed by atoms with Crippen molar-refractivity contribution in [3.8, 4) is 0 Å². The van der Waals surface area contributed by atoms with Gasteiger partial charge in [0.2, 0.25) is 0 Å². The lowest BCUT2D eigenvalue weighted by atomic mass is 9.99. The van der Waals surface area contributed by atoms with Crippen molar-refractivity contribution in [3.05, 3.63) is 34.9 Å². The topological polar surface area (TPSA) is 46.2 Å². The van der Waals surface area contributed by atoms with E-state index in [1.54, 1.807) is 6.92 Å². The van der Waals surface area contributed by atoms with Gasteiger partial charge in [-0.25, -0.2) is 8.42 Å². The third kappa shape index (κ3) is 2.62. The number of hydrogen-bond acceptors (Lipinski definition) is 3. The minimum atomic E-state index is -2.91. The van der Waals surface area contributed by atoms with Crippen LogP contribution >= 0.6 is 0 Å². The van der Waals surface area contributed by atoms with E-state index in [4.69, 9.17) is 0 Å². The summed E-state index contributed by atoms with van der Waals surface area (Å²) in [6, 6.07) is 6.02. The predicted octanol–water partition coefficient (Wildman–Crippen LogP) is 1.27. The first-order valence-electron chi connectivity index (χ1n) is 5.62. The van der Waals surface area contributed by atoms with Crippen LogP contribution in [-0.4, -0.2) is 20.7 Å². The molecule has 1 N–H and O–H groups in total. The molecule has 4 heteroatoms. The van der Waals surface area contributed by atoms with Crippen LogP contribution < -0.4 is 5.32 Å². The van der Waals surface area contributed by atoms with Crippen molar-refractivity contribution in [1.82, 2.24) is 5.32 Å². The molecule has 0 spiro atoms. The first kappa shape index (κ1) is 11.6. The average Bonchev–Trinajstić information content (AvgIpc) is 2.28. The van der Waals surface area contributed by atoms with Crippen LogP contribution in [-0.2, 0) is 28.6 Å². The molecule has 0 aliphatic carbocycles. The second kappa shape index (κ2) is 4.55. The third-order valence-corrected chi connectivity index (χ3v) is 4.64. The molecule has 0 saturated carbocycles. The number of rotatable bonds is 3. The molecule has 2 rings (SSSR count). The van der Waals surface area contributed by atoms with Crippen LogP contribution in [0.3, 0.4) is 0 Å². The lowest BCUT2D eigenvalue weighted by molar-refractivity contribution is 0.596. The molecule has 0 bridgehead atoms. The largest absolute Gasteiger partial charge is 0.312 e. The van der Waals surface area contributed by atoms with E-state index in [1.807, 2.05) is 18.2 Å². The van der Waals surface area contributed by atoms with Crippen LogP contribution in [0.4, 0.5) is 0 Å². The second-order valence-electron chi connectivity index (χ2n) is 4.21. The maximum absolute atomic E-state index is 11.5. The summed E-state index contributed by atoms with van der Waals surface area (Å²) in [4.78, 5) is 0. The Labute approximate surface area is 96.8 Å². The molecular formula is C12H17NO2S. The Morgan fingerprint density at radius 1 is 1.31 bits per heavy atom. The normalized spacial score (nSPS) is 15.8. The van der Waals surface area contributed by atoms with Gasteiger partial charge < -0.3 is 5.32 Å². The minimum absolute atomic E-state index is 0.171. The lowest BCUT2D eigenvalue weighted by Crippen LogP contribution is -2.23. The highest BCUT2D eigenvalue weighted by Gasteiger charge is 2.12. The number of fused-ring (bicyclic) bond motifs is 1. The van der Waals surface area contributed by atoms with E-state index in [9.17, 15) is 8.42 Å². The summed E-state index contributed by atoms with van der Waals surface area (Å²) in [6.45, 7) is 3.57. The van der Waals surface area contributed by atoms with Crippen molar-refractivity contribution >= 4 is 9.84 Å². The first-order chi connectivity index (χ1) is 7.61. The standard InChI is InChI=1S/C12H17NO2S/c1-2-16(14,15)9-10-3-4-12-8-13-6-5-11(12)7-10/h3-4,7,13H,2,5-6,8-9H2,1H3. The summed E-state index contributed by atoms with van der Waals surface area (Å²) >= 11 is 0. The number of nitrogens with one attached hydrogen (secondary N) is 1. The molecule has 0 atom stereocenters. The molecule has 1 aliphatic rings. The Morgan fingerprint density at radius 3 is 2.88 bits per heavy atom. The Kier molecular flexibility index (Phi) is 3.30. The van der Waals surface area contributed by atoms with Crippen molar-refractivity contribution in [2.45, 2.75) is 25.6 Å². The molecule has 1 aromatic rings. The van der Waals surface area contributed by atoms with Gasteiger partial charge in [-0.05, 0) is 29.7 Å². The van der Waals surface area contributed by atoms with Gasteiger partial charge in [-0.15, -0.1) is 0 Å². The molecule has 0 aromatic heterocycles. The lowest BCUT2D eigenvalue weighted by Gasteiger charge is -2.17. The molecule has 0 fully saturated rings. The van der Waals surface area contributed by atoms with E-state index in [-0.39, 0.29) is 11.5 Å². The van der Waals surface area contributed by atoms with Crippen LogP contribution in [0, 0.1) is 0 Å². The average molecular weight is 239 g/mol. The molecule has 16 heavy (non-hydrogen) atoms. The summed E-state index contributed by atoms with van der Waals surface area (Å²) in [5.41, 5.74) is 3.51. The maximum atomic E-state index is 11.5. The zero-order valence-corrected chi connectivity index (χ0v) is 10.3. The highest BCUT2D eigenvalue weighted by molar-refractivity contribution is 7.90. The van der Waals surface area contributed by atoms with E-state index < -0.39 is 9.84 Å². The van der Waals surface area contributed by atoms with Crippen LogP contribution in [0.5, 0.6) is 0 Å². The zero-order valence-electron chi connectivity index (χ0n) is 9.49. The van der Waals surface area contributed by atoms with Gasteiger partial charge in [0.25, 0.3) is 0 Å². The summed E-state index contributed by atoms with van der Waals surface area (Å²) in [6.07, 6.45) is 0.995. The van der Waals surface area contributed by atoms with Gasteiger partial charge in [-0.2, -0.15) is 0 Å². The van der Waals surface area contributed by atoms with Gasteiger partial charge in [-0.3, -0.25) is 0 Å². The van der Waals surface area contributed by atoms with E-state index in [0.717, 1.165) is 25.1 Å². The smallest absolute Gasteiger partial charge is 0.154 e. The molecule has 3 nitrogen and oxygen atoms in total. The maximum Gasteiger partial charge on any atom is 0.154 e. The molecular weight excluding hydrogens is 222 g/mol. The van der Waals surface area contributed by atoms with E-state index in [2.05, 4.69) is 5.32 Å². The fraction of sp³-hybridized carbons (Fsp3) is 0.500. The fourth-order valence-corrected chi connectivity index (χ4v) is 2.87. The van der Waals surface area contributed by atoms with Crippen molar-refractivity contribution in [3.63, 3.8) is 0 Å². The Balaban J connectivity index is 2.24. The van der Waals surface area contributed by atoms with E-state index in [0.29, 0.717) is 0 Å². The van der Waals surface area contributed by atoms with Crippen LogP contribution in [0.25, 0.3) is 0 Å². The second-order valence-corrected chi connectivity index (χ2v) is 6.56. The summed E-state index contributed by atoms with van der Waals surface area (Å²) in [5, 5.41) is 3.30. The van der Waals surface area contributed by atoms with Crippen molar-refractivity contribution in [2.24, 2.45) is 0 Å². The third-order valence-electron chi connectivity index (χ3n) is 2.98. The Bertz CT molecular complexity index is 480. The van der Waals surface area contributed by atoms with E-state index in [1.165, 1.54) is 11.1 Å². The van der Waals surface area contributed by atoms with Gasteiger partial charge in [0, 0.05) is 12.3 Å². The predicted molar refractivity (Wildman–Crippen MR) is 65.0 cm³/mol. The zero-order chi connectivity index (χ0) is 11.6. The molecule has 0 radical (unpaired) electrons. The minimum Gasteiger partial charge on any atom is -0.312 e. The first-order valence-corrected chi connectivity index (χ1v) is 7.44. The van der Waals surface area contributed by atoms with Crippen LogP contribution in [0.2, 0.25) is 0 Å². The number of sulfone groups is 1. The molecule has 1 heterocycles. The van der Waals surface area contributed by atoms with E-state index >= 15 is 0 Å². The highest BCUT2D eigenvalue weighted by Crippen LogP contribution is 2.17. The number of hydrogen-bond donors (Lipinski definition) is 1. The fourth-order valence-electron chi connectivity index (χ4n) is 1.98. The Morgan fingerprint density at radius 2 is 2.12 bits per heavy atom. The number of benzene rings is 1. The molecule has 0 amide bonds. The summed E-state index contributed by atoms with van der Waals surface area (Å²) in [5.74, 6) is 0.385. The summed E-state index contributed by atoms with van der Waals surface area (Å²) in [7, 11) is -2.91. The highest BCUT2D eigenvalue weighted by atomic mass is 32.2.